The van der Waals surface area contributed by atoms with Crippen molar-refractivity contribution < 1.29 is 9.53 Å². The minimum Gasteiger partial charge on any atom is -0.453 e. The molecule has 0 atom stereocenters. The molecule has 0 bridgehead atoms. The van der Waals surface area contributed by atoms with Gasteiger partial charge in [0, 0.05) is 5.69 Å². The van der Waals surface area contributed by atoms with E-state index >= 15 is 0 Å². The number of amides is 1. The van der Waals surface area contributed by atoms with Gasteiger partial charge in [0.25, 0.3) is 0 Å². The van der Waals surface area contributed by atoms with Crippen LogP contribution in [0.3, 0.4) is 0 Å². The van der Waals surface area contributed by atoms with Crippen LogP contribution >= 0.6 is 12.4 Å². The Balaban J connectivity index is 0.00000162. The van der Waals surface area contributed by atoms with Crippen molar-refractivity contribution in [3.63, 3.8) is 0 Å². The molecule has 18 heavy (non-hydrogen) atoms. The number of piperidine rings is 1. The first kappa shape index (κ1) is 14.8. The number of benzene rings is 1. The molecule has 0 spiro atoms. The highest BCUT2D eigenvalue weighted by molar-refractivity contribution is 5.86. The lowest BCUT2D eigenvalue weighted by Crippen LogP contribution is -2.27. The summed E-state index contributed by atoms with van der Waals surface area (Å²) in [5.74, 6) is 0.518. The van der Waals surface area contributed by atoms with Gasteiger partial charge >= 0.3 is 6.09 Å². The van der Waals surface area contributed by atoms with Crippen LogP contribution in [0.25, 0.3) is 0 Å². The van der Waals surface area contributed by atoms with E-state index in [4.69, 9.17) is 0 Å². The Labute approximate surface area is 114 Å². The van der Waals surface area contributed by atoms with Crippen LogP contribution in [0.4, 0.5) is 10.5 Å². The number of ether oxygens (including phenoxy) is 1. The molecule has 0 radical (unpaired) electrons. The van der Waals surface area contributed by atoms with E-state index in [0.29, 0.717) is 5.92 Å². The second-order valence-electron chi connectivity index (χ2n) is 4.23. The fraction of sp³-hybridized carbons (Fsp3) is 0.462. The molecule has 1 aliphatic rings. The summed E-state index contributed by atoms with van der Waals surface area (Å²) in [5, 5.41) is 6.12. The number of anilines is 1. The molecular weight excluding hydrogens is 252 g/mol. The number of hydrogen-bond acceptors (Lipinski definition) is 3. The van der Waals surface area contributed by atoms with E-state index in [-0.39, 0.29) is 12.4 Å². The maximum Gasteiger partial charge on any atom is 0.411 e. The Morgan fingerprint density at radius 3 is 2.67 bits per heavy atom. The zero-order valence-electron chi connectivity index (χ0n) is 10.4. The molecule has 100 valence electrons. The minimum absolute atomic E-state index is 0. The van der Waals surface area contributed by atoms with Crippen molar-refractivity contribution in [2.24, 2.45) is 0 Å². The molecule has 1 fully saturated rings. The molecule has 0 aliphatic carbocycles. The number of carbonyl (C=O) groups excluding carboxylic acids is 1. The summed E-state index contributed by atoms with van der Waals surface area (Å²) in [6.45, 7) is 2.08. The normalized spacial score (nSPS) is 15.6. The summed E-state index contributed by atoms with van der Waals surface area (Å²) in [6, 6.07) is 7.95. The SMILES string of the molecule is COC(=O)Nc1ccccc1C1CCNCC1.Cl. The highest BCUT2D eigenvalue weighted by Crippen LogP contribution is 2.30. The standard InChI is InChI=1S/C13H18N2O2.ClH/c1-17-13(16)15-12-5-3-2-4-11(12)10-6-8-14-9-7-10;/h2-5,10,14H,6-9H2,1H3,(H,15,16);1H. The number of para-hydroxylation sites is 1. The molecule has 0 unspecified atom stereocenters. The maximum atomic E-state index is 11.3. The molecule has 0 aromatic heterocycles. The molecule has 1 saturated heterocycles. The minimum atomic E-state index is -0.411. The summed E-state index contributed by atoms with van der Waals surface area (Å²) in [5.41, 5.74) is 2.07. The molecule has 2 N–H and O–H groups in total. The highest BCUT2D eigenvalue weighted by Gasteiger charge is 2.18. The molecular formula is C13H19ClN2O2. The van der Waals surface area contributed by atoms with Gasteiger partial charge in [-0.05, 0) is 43.5 Å². The van der Waals surface area contributed by atoms with Crippen LogP contribution in [-0.2, 0) is 4.74 Å². The van der Waals surface area contributed by atoms with Gasteiger partial charge < -0.3 is 10.1 Å². The molecule has 1 heterocycles. The molecule has 1 amide bonds. The lowest BCUT2D eigenvalue weighted by molar-refractivity contribution is 0.187. The number of nitrogens with one attached hydrogen (secondary N) is 2. The van der Waals surface area contributed by atoms with Gasteiger partial charge in [0.05, 0.1) is 7.11 Å². The fourth-order valence-corrected chi connectivity index (χ4v) is 2.26. The van der Waals surface area contributed by atoms with Crippen molar-refractivity contribution in [3.05, 3.63) is 29.8 Å². The van der Waals surface area contributed by atoms with E-state index in [0.717, 1.165) is 31.6 Å². The van der Waals surface area contributed by atoms with Crippen LogP contribution in [-0.4, -0.2) is 26.3 Å². The van der Waals surface area contributed by atoms with Crippen molar-refractivity contribution in [2.45, 2.75) is 18.8 Å². The number of methoxy groups -OCH3 is 1. The maximum absolute atomic E-state index is 11.3. The van der Waals surface area contributed by atoms with Gasteiger partial charge in [-0.1, -0.05) is 18.2 Å². The van der Waals surface area contributed by atoms with Crippen LogP contribution < -0.4 is 10.6 Å². The lowest BCUT2D eigenvalue weighted by atomic mass is 9.89. The third-order valence-electron chi connectivity index (χ3n) is 3.16. The first-order chi connectivity index (χ1) is 8.31. The van der Waals surface area contributed by atoms with Crippen molar-refractivity contribution in [2.75, 3.05) is 25.5 Å². The van der Waals surface area contributed by atoms with Gasteiger partial charge in [-0.15, -0.1) is 12.4 Å². The van der Waals surface area contributed by atoms with Crippen molar-refractivity contribution >= 4 is 24.2 Å². The van der Waals surface area contributed by atoms with E-state index in [1.165, 1.54) is 12.7 Å². The molecule has 1 aliphatic heterocycles. The van der Waals surface area contributed by atoms with Gasteiger partial charge in [0.1, 0.15) is 0 Å². The number of rotatable bonds is 2. The average Bonchev–Trinajstić information content (AvgIpc) is 2.40. The summed E-state index contributed by atoms with van der Waals surface area (Å²) in [6.07, 6.45) is 1.81. The largest absolute Gasteiger partial charge is 0.453 e. The van der Waals surface area contributed by atoms with E-state index < -0.39 is 6.09 Å². The van der Waals surface area contributed by atoms with Crippen molar-refractivity contribution in [1.29, 1.82) is 0 Å². The molecule has 1 aromatic carbocycles. The zero-order valence-corrected chi connectivity index (χ0v) is 11.3. The van der Waals surface area contributed by atoms with E-state index in [1.54, 1.807) is 0 Å². The monoisotopic (exact) mass is 270 g/mol. The van der Waals surface area contributed by atoms with E-state index in [9.17, 15) is 4.79 Å². The van der Waals surface area contributed by atoms with Crippen molar-refractivity contribution in [3.8, 4) is 0 Å². The summed E-state index contributed by atoms with van der Waals surface area (Å²) < 4.78 is 4.63. The first-order valence-corrected chi connectivity index (χ1v) is 5.96. The van der Waals surface area contributed by atoms with Crippen LogP contribution in [0.2, 0.25) is 0 Å². The summed E-state index contributed by atoms with van der Waals surface area (Å²) >= 11 is 0. The van der Waals surface area contributed by atoms with Crippen LogP contribution in [0.15, 0.2) is 24.3 Å². The Morgan fingerprint density at radius 2 is 2.00 bits per heavy atom. The van der Waals surface area contributed by atoms with Gasteiger partial charge in [-0.25, -0.2) is 4.79 Å². The predicted molar refractivity (Wildman–Crippen MR) is 74.6 cm³/mol. The van der Waals surface area contributed by atoms with Crippen LogP contribution in [0.1, 0.15) is 24.3 Å². The van der Waals surface area contributed by atoms with E-state index in [2.05, 4.69) is 21.4 Å². The predicted octanol–water partition coefficient (Wildman–Crippen LogP) is 2.75. The fourth-order valence-electron chi connectivity index (χ4n) is 2.26. The highest BCUT2D eigenvalue weighted by atomic mass is 35.5. The first-order valence-electron chi connectivity index (χ1n) is 5.96. The average molecular weight is 271 g/mol. The van der Waals surface area contributed by atoms with Crippen LogP contribution in [0, 0.1) is 0 Å². The molecule has 1 aromatic rings. The smallest absolute Gasteiger partial charge is 0.411 e. The van der Waals surface area contributed by atoms with E-state index in [1.807, 2.05) is 18.2 Å². The number of halogens is 1. The molecule has 5 heteroatoms. The second kappa shape index (κ2) is 7.24. The van der Waals surface area contributed by atoms with Crippen molar-refractivity contribution in [1.82, 2.24) is 5.32 Å². The molecule has 0 saturated carbocycles. The van der Waals surface area contributed by atoms with Gasteiger partial charge in [-0.3, -0.25) is 5.32 Å². The van der Waals surface area contributed by atoms with Gasteiger partial charge in [0.2, 0.25) is 0 Å². The third kappa shape index (κ3) is 3.62. The lowest BCUT2D eigenvalue weighted by Gasteiger charge is -2.25. The second-order valence-corrected chi connectivity index (χ2v) is 4.23. The quantitative estimate of drug-likeness (QED) is 0.869. The number of carbonyl (C=O) groups is 1. The number of hydrogen-bond donors (Lipinski definition) is 2. The Morgan fingerprint density at radius 1 is 1.33 bits per heavy atom. The Bertz CT molecular complexity index is 392. The summed E-state index contributed by atoms with van der Waals surface area (Å²) in [4.78, 5) is 11.3. The van der Waals surface area contributed by atoms with Gasteiger partial charge in [-0.2, -0.15) is 0 Å². The topological polar surface area (TPSA) is 50.4 Å². The Kier molecular flexibility index (Phi) is 5.95. The molecule has 4 nitrogen and oxygen atoms in total. The molecule has 2 rings (SSSR count). The van der Waals surface area contributed by atoms with Gasteiger partial charge in [0.15, 0.2) is 0 Å². The third-order valence-corrected chi connectivity index (χ3v) is 3.16. The van der Waals surface area contributed by atoms with Crippen LogP contribution in [0.5, 0.6) is 0 Å². The Hall–Kier alpha value is -1.26. The summed E-state index contributed by atoms with van der Waals surface area (Å²) in [7, 11) is 1.38. The zero-order chi connectivity index (χ0) is 12.1.